The van der Waals surface area contributed by atoms with E-state index in [0.29, 0.717) is 29.9 Å². The summed E-state index contributed by atoms with van der Waals surface area (Å²) in [6, 6.07) is 18.1. The van der Waals surface area contributed by atoms with Crippen LogP contribution in [0.3, 0.4) is 0 Å². The molecule has 0 radical (unpaired) electrons. The van der Waals surface area contributed by atoms with E-state index >= 15 is 0 Å². The summed E-state index contributed by atoms with van der Waals surface area (Å²) >= 11 is 0. The number of aryl methyl sites for hydroxylation is 1. The Hall–Kier alpha value is -4.07. The summed E-state index contributed by atoms with van der Waals surface area (Å²) in [5, 5.41) is 2.73. The van der Waals surface area contributed by atoms with Gasteiger partial charge in [-0.1, -0.05) is 24.3 Å². The second kappa shape index (κ2) is 8.35. The van der Waals surface area contributed by atoms with E-state index in [0.717, 1.165) is 17.1 Å². The first-order valence-corrected chi connectivity index (χ1v) is 9.96. The average Bonchev–Trinajstić information content (AvgIpc) is 3.34. The molecule has 1 aliphatic heterocycles. The number of benzene rings is 2. The van der Waals surface area contributed by atoms with Crippen molar-refractivity contribution < 1.29 is 14.4 Å². The van der Waals surface area contributed by atoms with Crippen LogP contribution in [-0.4, -0.2) is 35.5 Å². The van der Waals surface area contributed by atoms with Gasteiger partial charge in [-0.3, -0.25) is 25.3 Å². The molecule has 0 atom stereocenters. The molecular weight excluding hydrogens is 394 g/mol. The minimum Gasteiger partial charge on any atom is -0.336 e. The van der Waals surface area contributed by atoms with E-state index in [9.17, 15) is 14.4 Å². The maximum atomic E-state index is 12.7. The molecule has 31 heavy (non-hydrogen) atoms. The number of hydrazine groups is 1. The van der Waals surface area contributed by atoms with Crippen LogP contribution in [0.5, 0.6) is 0 Å². The highest BCUT2D eigenvalue weighted by Crippen LogP contribution is 2.21. The summed E-state index contributed by atoms with van der Waals surface area (Å²) < 4.78 is 1.99. The van der Waals surface area contributed by atoms with E-state index < -0.39 is 11.8 Å². The van der Waals surface area contributed by atoms with Crippen LogP contribution in [-0.2, 0) is 0 Å². The number of carbonyl (C=O) groups is 3. The predicted molar refractivity (Wildman–Crippen MR) is 117 cm³/mol. The van der Waals surface area contributed by atoms with Gasteiger partial charge in [0.2, 0.25) is 0 Å². The van der Waals surface area contributed by atoms with Crippen molar-refractivity contribution >= 4 is 23.5 Å². The van der Waals surface area contributed by atoms with Crippen LogP contribution >= 0.6 is 0 Å². The van der Waals surface area contributed by atoms with Gasteiger partial charge < -0.3 is 9.88 Å². The second-order valence-electron chi connectivity index (χ2n) is 7.30. The van der Waals surface area contributed by atoms with Crippen LogP contribution in [0.15, 0.2) is 60.7 Å². The molecule has 1 aliphatic rings. The molecule has 0 saturated carbocycles. The standard InChI is InChI=1S/C23H23N5O3/c1-15-13-20(16(2)28(15)18-8-4-3-5-9-18)22(30)26-25-21(29)17-7-6-10-19(14-17)27-12-11-24-23(27)31/h3-10,13-14H,11-12H2,1-2H3,(H,24,31)(H,25,29)(H,26,30). The van der Waals surface area contributed by atoms with Gasteiger partial charge in [-0.05, 0) is 50.2 Å². The fourth-order valence-electron chi connectivity index (χ4n) is 3.75. The van der Waals surface area contributed by atoms with E-state index in [-0.39, 0.29) is 6.03 Å². The largest absolute Gasteiger partial charge is 0.336 e. The Bertz CT molecular complexity index is 1150. The van der Waals surface area contributed by atoms with Crippen molar-refractivity contribution in [1.82, 2.24) is 20.7 Å². The molecule has 3 aromatic rings. The molecular formula is C23H23N5O3. The molecule has 4 rings (SSSR count). The highest BCUT2D eigenvalue weighted by Gasteiger charge is 2.22. The van der Waals surface area contributed by atoms with Crippen LogP contribution < -0.4 is 21.1 Å². The van der Waals surface area contributed by atoms with E-state index in [4.69, 9.17) is 0 Å². The molecule has 2 heterocycles. The van der Waals surface area contributed by atoms with Crippen molar-refractivity contribution in [2.45, 2.75) is 13.8 Å². The third-order valence-corrected chi connectivity index (χ3v) is 5.26. The number of amides is 4. The molecule has 4 amide bonds. The zero-order valence-electron chi connectivity index (χ0n) is 17.3. The predicted octanol–water partition coefficient (Wildman–Crippen LogP) is 2.70. The van der Waals surface area contributed by atoms with E-state index in [2.05, 4.69) is 16.2 Å². The first kappa shape index (κ1) is 20.2. The van der Waals surface area contributed by atoms with E-state index in [1.165, 1.54) is 0 Å². The maximum Gasteiger partial charge on any atom is 0.321 e. The first-order chi connectivity index (χ1) is 15.0. The number of rotatable bonds is 4. The lowest BCUT2D eigenvalue weighted by molar-refractivity contribution is 0.0846. The lowest BCUT2D eigenvalue weighted by Crippen LogP contribution is -2.41. The average molecular weight is 417 g/mol. The van der Waals surface area contributed by atoms with Gasteiger partial charge in [0.15, 0.2) is 0 Å². The van der Waals surface area contributed by atoms with Gasteiger partial charge in [0.05, 0.1) is 5.56 Å². The quantitative estimate of drug-likeness (QED) is 0.570. The fourth-order valence-corrected chi connectivity index (χ4v) is 3.75. The Balaban J connectivity index is 1.46. The molecule has 8 heteroatoms. The Kier molecular flexibility index (Phi) is 5.44. The molecule has 3 N–H and O–H groups in total. The second-order valence-corrected chi connectivity index (χ2v) is 7.30. The number of para-hydroxylation sites is 1. The number of carbonyl (C=O) groups excluding carboxylic acids is 3. The van der Waals surface area contributed by atoms with Gasteiger partial charge in [-0.2, -0.15) is 0 Å². The number of urea groups is 1. The number of nitrogens with one attached hydrogen (secondary N) is 3. The smallest absolute Gasteiger partial charge is 0.321 e. The van der Waals surface area contributed by atoms with Crippen molar-refractivity contribution in [3.8, 4) is 5.69 Å². The SMILES string of the molecule is Cc1cc(C(=O)NNC(=O)c2cccc(N3CCNC3=O)c2)c(C)n1-c1ccccc1. The first-order valence-electron chi connectivity index (χ1n) is 9.96. The lowest BCUT2D eigenvalue weighted by atomic mass is 10.2. The summed E-state index contributed by atoms with van der Waals surface area (Å²) in [5.41, 5.74) is 9.03. The summed E-state index contributed by atoms with van der Waals surface area (Å²) in [5.74, 6) is -0.870. The van der Waals surface area contributed by atoms with Crippen molar-refractivity contribution in [1.29, 1.82) is 0 Å². The molecule has 2 aromatic carbocycles. The monoisotopic (exact) mass is 417 g/mol. The fraction of sp³-hybridized carbons (Fsp3) is 0.174. The van der Waals surface area contributed by atoms with Crippen molar-refractivity contribution in [3.05, 3.63) is 83.2 Å². The Labute approximate surface area is 179 Å². The third-order valence-electron chi connectivity index (χ3n) is 5.26. The number of nitrogens with zero attached hydrogens (tertiary/aromatic N) is 2. The van der Waals surface area contributed by atoms with Crippen LogP contribution in [0.4, 0.5) is 10.5 Å². The summed E-state index contributed by atoms with van der Waals surface area (Å²) in [7, 11) is 0. The van der Waals surface area contributed by atoms with Crippen LogP contribution in [0.1, 0.15) is 32.1 Å². The van der Waals surface area contributed by atoms with Gasteiger partial charge in [0.25, 0.3) is 11.8 Å². The highest BCUT2D eigenvalue weighted by molar-refractivity contribution is 6.01. The van der Waals surface area contributed by atoms with Gasteiger partial charge in [-0.15, -0.1) is 0 Å². The lowest BCUT2D eigenvalue weighted by Gasteiger charge is -2.15. The summed E-state index contributed by atoms with van der Waals surface area (Å²) in [6.07, 6.45) is 0. The van der Waals surface area contributed by atoms with Gasteiger partial charge >= 0.3 is 6.03 Å². The molecule has 0 aliphatic carbocycles. The maximum absolute atomic E-state index is 12.7. The number of anilines is 1. The highest BCUT2D eigenvalue weighted by atomic mass is 16.2. The third kappa shape index (κ3) is 4.00. The summed E-state index contributed by atoms with van der Waals surface area (Å²) in [4.78, 5) is 38.7. The van der Waals surface area contributed by atoms with Crippen molar-refractivity contribution in [2.75, 3.05) is 18.0 Å². The zero-order valence-corrected chi connectivity index (χ0v) is 17.3. The topological polar surface area (TPSA) is 95.5 Å². The van der Waals surface area contributed by atoms with Gasteiger partial charge in [0, 0.05) is 41.4 Å². The van der Waals surface area contributed by atoms with Crippen LogP contribution in [0.2, 0.25) is 0 Å². The Morgan fingerprint density at radius 3 is 2.32 bits per heavy atom. The van der Waals surface area contributed by atoms with E-state index in [1.54, 1.807) is 35.2 Å². The van der Waals surface area contributed by atoms with Crippen LogP contribution in [0.25, 0.3) is 5.69 Å². The Morgan fingerprint density at radius 1 is 0.903 bits per heavy atom. The number of aromatic nitrogens is 1. The number of hydrogen-bond acceptors (Lipinski definition) is 3. The molecule has 1 aromatic heterocycles. The minimum atomic E-state index is -0.466. The number of hydrogen-bond donors (Lipinski definition) is 3. The molecule has 1 fully saturated rings. The Morgan fingerprint density at radius 2 is 1.61 bits per heavy atom. The van der Waals surface area contributed by atoms with E-state index in [1.807, 2.05) is 48.7 Å². The van der Waals surface area contributed by atoms with Crippen molar-refractivity contribution in [3.63, 3.8) is 0 Å². The van der Waals surface area contributed by atoms with Crippen LogP contribution in [0, 0.1) is 13.8 Å². The molecule has 0 bridgehead atoms. The molecule has 0 unspecified atom stereocenters. The summed E-state index contributed by atoms with van der Waals surface area (Å²) in [6.45, 7) is 4.89. The molecule has 8 nitrogen and oxygen atoms in total. The normalized spacial score (nSPS) is 13.1. The van der Waals surface area contributed by atoms with Gasteiger partial charge in [0.1, 0.15) is 0 Å². The molecule has 158 valence electrons. The molecule has 0 spiro atoms. The van der Waals surface area contributed by atoms with Gasteiger partial charge in [-0.25, -0.2) is 4.79 Å². The minimum absolute atomic E-state index is 0.195. The zero-order chi connectivity index (χ0) is 22.0. The van der Waals surface area contributed by atoms with Crippen molar-refractivity contribution in [2.24, 2.45) is 0 Å². The molecule has 1 saturated heterocycles.